The summed E-state index contributed by atoms with van der Waals surface area (Å²) in [7, 11) is 3.58. The third kappa shape index (κ3) is 2.42. The number of halogens is 1. The fourth-order valence-electron chi connectivity index (χ4n) is 2.19. The van der Waals surface area contributed by atoms with Crippen LogP contribution in [-0.4, -0.2) is 14.2 Å². The summed E-state index contributed by atoms with van der Waals surface area (Å²) in [5.41, 5.74) is 0.841. The van der Waals surface area contributed by atoms with E-state index in [1.807, 2.05) is 42.8 Å². The molecule has 3 nitrogen and oxygen atoms in total. The number of benzene rings is 1. The first kappa shape index (κ1) is 13.5. The van der Waals surface area contributed by atoms with Gasteiger partial charge in [-0.05, 0) is 37.4 Å². The molecule has 0 aliphatic rings. The van der Waals surface area contributed by atoms with Crippen molar-refractivity contribution < 1.29 is 9.15 Å². The molecule has 0 fully saturated rings. The summed E-state index contributed by atoms with van der Waals surface area (Å²) in [4.78, 5) is 1.15. The van der Waals surface area contributed by atoms with Crippen molar-refractivity contribution in [1.29, 1.82) is 0 Å². The standard InChI is InChI=1S/C15H14ClNO2S/c1-17-15(14-7-11(18-2)8-20-14)13-6-9-5-10(16)3-4-12(9)19-13/h3-8,15,17H,1-2H3. The molecule has 0 radical (unpaired) electrons. The molecule has 3 aromatic rings. The Bertz CT molecular complexity index is 734. The molecule has 1 N–H and O–H groups in total. The van der Waals surface area contributed by atoms with Crippen LogP contribution in [0.25, 0.3) is 11.0 Å². The highest BCUT2D eigenvalue weighted by Crippen LogP contribution is 2.34. The molecule has 104 valence electrons. The molecule has 1 atom stereocenters. The number of ether oxygens (including phenoxy) is 1. The first-order valence-corrected chi connectivity index (χ1v) is 7.45. The molecular weight excluding hydrogens is 294 g/mol. The molecule has 1 aromatic carbocycles. The third-order valence-corrected chi connectivity index (χ3v) is 4.40. The van der Waals surface area contributed by atoms with Crippen molar-refractivity contribution in [2.24, 2.45) is 0 Å². The van der Waals surface area contributed by atoms with E-state index in [2.05, 4.69) is 5.32 Å². The largest absolute Gasteiger partial charge is 0.496 e. The van der Waals surface area contributed by atoms with Crippen molar-refractivity contribution in [2.45, 2.75) is 6.04 Å². The second-order valence-corrected chi connectivity index (χ2v) is 5.82. The van der Waals surface area contributed by atoms with Gasteiger partial charge in [0.25, 0.3) is 0 Å². The van der Waals surface area contributed by atoms with Crippen molar-refractivity contribution >= 4 is 33.9 Å². The van der Waals surface area contributed by atoms with Crippen LogP contribution in [0.5, 0.6) is 5.75 Å². The van der Waals surface area contributed by atoms with Crippen LogP contribution in [0.3, 0.4) is 0 Å². The summed E-state index contributed by atoms with van der Waals surface area (Å²) in [6, 6.07) is 9.68. The quantitative estimate of drug-likeness (QED) is 0.772. The summed E-state index contributed by atoms with van der Waals surface area (Å²) in [6.07, 6.45) is 0. The number of furan rings is 1. The molecule has 0 saturated heterocycles. The van der Waals surface area contributed by atoms with E-state index in [4.69, 9.17) is 20.8 Å². The highest BCUT2D eigenvalue weighted by atomic mass is 35.5. The molecule has 2 heterocycles. The van der Waals surface area contributed by atoms with E-state index in [1.165, 1.54) is 0 Å². The number of rotatable bonds is 4. The lowest BCUT2D eigenvalue weighted by atomic mass is 10.1. The molecule has 5 heteroatoms. The predicted molar refractivity (Wildman–Crippen MR) is 83.0 cm³/mol. The Morgan fingerprint density at radius 3 is 2.85 bits per heavy atom. The van der Waals surface area contributed by atoms with E-state index in [1.54, 1.807) is 18.4 Å². The Morgan fingerprint density at radius 1 is 1.30 bits per heavy atom. The van der Waals surface area contributed by atoms with Crippen LogP contribution in [0.1, 0.15) is 16.7 Å². The average molecular weight is 308 g/mol. The maximum atomic E-state index is 6.01. The lowest BCUT2D eigenvalue weighted by Gasteiger charge is -2.10. The highest BCUT2D eigenvalue weighted by molar-refractivity contribution is 7.10. The van der Waals surface area contributed by atoms with Gasteiger partial charge in [0.1, 0.15) is 23.1 Å². The summed E-state index contributed by atoms with van der Waals surface area (Å²) >= 11 is 7.65. The van der Waals surface area contributed by atoms with Gasteiger partial charge in [0, 0.05) is 20.7 Å². The van der Waals surface area contributed by atoms with Crippen molar-refractivity contribution in [2.75, 3.05) is 14.2 Å². The fourth-order valence-corrected chi connectivity index (χ4v) is 3.35. The Balaban J connectivity index is 2.02. The topological polar surface area (TPSA) is 34.4 Å². The van der Waals surface area contributed by atoms with Gasteiger partial charge in [0.15, 0.2) is 0 Å². The molecule has 0 amide bonds. The Morgan fingerprint density at radius 2 is 2.15 bits per heavy atom. The highest BCUT2D eigenvalue weighted by Gasteiger charge is 2.19. The minimum Gasteiger partial charge on any atom is -0.496 e. The summed E-state index contributed by atoms with van der Waals surface area (Å²) in [5.74, 6) is 1.73. The molecule has 0 aliphatic carbocycles. The molecule has 0 saturated carbocycles. The smallest absolute Gasteiger partial charge is 0.134 e. The van der Waals surface area contributed by atoms with E-state index < -0.39 is 0 Å². The van der Waals surface area contributed by atoms with Crippen LogP contribution < -0.4 is 10.1 Å². The van der Waals surface area contributed by atoms with Gasteiger partial charge >= 0.3 is 0 Å². The van der Waals surface area contributed by atoms with Crippen molar-refractivity contribution in [3.63, 3.8) is 0 Å². The molecule has 0 aliphatic heterocycles. The molecule has 0 bridgehead atoms. The number of hydrogen-bond donors (Lipinski definition) is 1. The van der Waals surface area contributed by atoms with Crippen LogP contribution in [0.4, 0.5) is 0 Å². The van der Waals surface area contributed by atoms with E-state index in [0.717, 1.165) is 27.4 Å². The molecular formula is C15H14ClNO2S. The fraction of sp³-hybridized carbons (Fsp3) is 0.200. The van der Waals surface area contributed by atoms with Crippen LogP contribution in [0, 0.1) is 0 Å². The average Bonchev–Trinajstić information content (AvgIpc) is 3.06. The van der Waals surface area contributed by atoms with E-state index >= 15 is 0 Å². The molecule has 2 aromatic heterocycles. The maximum Gasteiger partial charge on any atom is 0.134 e. The Kier molecular flexibility index (Phi) is 3.70. The summed E-state index contributed by atoms with van der Waals surface area (Å²) in [6.45, 7) is 0. The Labute approximate surface area is 126 Å². The number of thiophene rings is 1. The zero-order valence-electron chi connectivity index (χ0n) is 11.1. The van der Waals surface area contributed by atoms with Gasteiger partial charge in [-0.25, -0.2) is 0 Å². The van der Waals surface area contributed by atoms with Gasteiger partial charge in [0.05, 0.1) is 7.11 Å². The van der Waals surface area contributed by atoms with Crippen LogP contribution in [-0.2, 0) is 0 Å². The maximum absolute atomic E-state index is 6.01. The van der Waals surface area contributed by atoms with Gasteiger partial charge in [-0.2, -0.15) is 0 Å². The second-order valence-electron chi connectivity index (χ2n) is 4.44. The zero-order chi connectivity index (χ0) is 14.1. The van der Waals surface area contributed by atoms with Crippen LogP contribution in [0.2, 0.25) is 5.02 Å². The third-order valence-electron chi connectivity index (χ3n) is 3.19. The number of methoxy groups -OCH3 is 1. The lowest BCUT2D eigenvalue weighted by Crippen LogP contribution is -2.15. The van der Waals surface area contributed by atoms with E-state index in [9.17, 15) is 0 Å². The van der Waals surface area contributed by atoms with Crippen LogP contribution >= 0.6 is 22.9 Å². The van der Waals surface area contributed by atoms with E-state index in [0.29, 0.717) is 5.02 Å². The lowest BCUT2D eigenvalue weighted by molar-refractivity contribution is 0.415. The van der Waals surface area contributed by atoms with Gasteiger partial charge < -0.3 is 14.5 Å². The Hall–Kier alpha value is -1.49. The van der Waals surface area contributed by atoms with Crippen molar-refractivity contribution in [3.05, 3.63) is 51.4 Å². The molecule has 20 heavy (non-hydrogen) atoms. The van der Waals surface area contributed by atoms with E-state index in [-0.39, 0.29) is 6.04 Å². The van der Waals surface area contributed by atoms with Gasteiger partial charge in [0.2, 0.25) is 0 Å². The molecule has 1 unspecified atom stereocenters. The molecule has 0 spiro atoms. The first-order valence-electron chi connectivity index (χ1n) is 6.20. The minimum absolute atomic E-state index is 0.00933. The summed E-state index contributed by atoms with van der Waals surface area (Å²) < 4.78 is 11.2. The zero-order valence-corrected chi connectivity index (χ0v) is 12.7. The molecule has 3 rings (SSSR count). The predicted octanol–water partition coefficient (Wildman–Crippen LogP) is 4.47. The number of fused-ring (bicyclic) bond motifs is 1. The number of nitrogens with one attached hydrogen (secondary N) is 1. The van der Waals surface area contributed by atoms with Gasteiger partial charge in [-0.1, -0.05) is 11.6 Å². The first-order chi connectivity index (χ1) is 9.71. The number of hydrogen-bond acceptors (Lipinski definition) is 4. The second kappa shape index (κ2) is 5.48. The monoisotopic (exact) mass is 307 g/mol. The van der Waals surface area contributed by atoms with Crippen molar-refractivity contribution in [3.8, 4) is 5.75 Å². The van der Waals surface area contributed by atoms with Gasteiger partial charge in [-0.15, -0.1) is 11.3 Å². The van der Waals surface area contributed by atoms with Crippen LogP contribution in [0.15, 0.2) is 40.1 Å². The SMILES string of the molecule is CNC(c1cc2cc(Cl)ccc2o1)c1cc(OC)cs1. The minimum atomic E-state index is 0.00933. The summed E-state index contributed by atoms with van der Waals surface area (Å²) in [5, 5.41) is 6.98. The van der Waals surface area contributed by atoms with Gasteiger partial charge in [-0.3, -0.25) is 0 Å². The van der Waals surface area contributed by atoms with Crippen molar-refractivity contribution in [1.82, 2.24) is 5.32 Å². The normalized spacial score (nSPS) is 12.8.